The fourth-order valence-electron chi connectivity index (χ4n) is 4.17. The van der Waals surface area contributed by atoms with E-state index < -0.39 is 0 Å². The molecule has 0 bridgehead atoms. The minimum Gasteiger partial charge on any atom is -0.454 e. The molecule has 2 aromatic heterocycles. The highest BCUT2D eigenvalue weighted by molar-refractivity contribution is 5.91. The summed E-state index contributed by atoms with van der Waals surface area (Å²) in [7, 11) is 2.00. The Morgan fingerprint density at radius 3 is 2.80 bits per heavy atom. The van der Waals surface area contributed by atoms with E-state index in [9.17, 15) is 9.59 Å². The summed E-state index contributed by atoms with van der Waals surface area (Å²) in [5.74, 6) is 0.909. The number of nitrogens with one attached hydrogen (secondary N) is 1. The van der Waals surface area contributed by atoms with E-state index in [0.717, 1.165) is 12.8 Å². The molecule has 4 rings (SSSR count). The van der Waals surface area contributed by atoms with E-state index >= 15 is 0 Å². The van der Waals surface area contributed by atoms with Crippen LogP contribution in [0.4, 0.5) is 0 Å². The maximum absolute atomic E-state index is 12.9. The summed E-state index contributed by atoms with van der Waals surface area (Å²) in [6, 6.07) is 5.31. The topological polar surface area (TPSA) is 92.8 Å². The molecule has 2 aliphatic rings. The van der Waals surface area contributed by atoms with E-state index in [1.165, 1.54) is 0 Å². The van der Waals surface area contributed by atoms with Crippen molar-refractivity contribution in [3.05, 3.63) is 42.1 Å². The Bertz CT molecular complexity index is 843. The first-order chi connectivity index (χ1) is 14.6. The number of hydrogen-bond donors (Lipinski definition) is 1. The molecular formula is C21H29N5O4. The van der Waals surface area contributed by atoms with Gasteiger partial charge in [-0.3, -0.25) is 14.3 Å². The summed E-state index contributed by atoms with van der Waals surface area (Å²) in [5, 5.41) is 7.22. The third-order valence-corrected chi connectivity index (χ3v) is 5.70. The predicted molar refractivity (Wildman–Crippen MR) is 109 cm³/mol. The van der Waals surface area contributed by atoms with Gasteiger partial charge >= 0.3 is 0 Å². The molecule has 4 heterocycles. The van der Waals surface area contributed by atoms with Crippen LogP contribution in [0.5, 0.6) is 0 Å². The molecule has 162 valence electrons. The molecule has 0 saturated carbocycles. The number of aromatic nitrogens is 2. The summed E-state index contributed by atoms with van der Waals surface area (Å²) < 4.78 is 12.8. The molecular weight excluding hydrogens is 386 g/mol. The summed E-state index contributed by atoms with van der Waals surface area (Å²) in [6.07, 6.45) is 5.07. The van der Waals surface area contributed by atoms with E-state index in [1.807, 2.05) is 24.2 Å². The van der Waals surface area contributed by atoms with E-state index in [2.05, 4.69) is 15.3 Å². The largest absolute Gasteiger partial charge is 0.454 e. The van der Waals surface area contributed by atoms with Crippen LogP contribution in [0, 0.1) is 5.92 Å². The number of carbonyl (C=O) groups excluding carboxylic acids is 2. The van der Waals surface area contributed by atoms with Gasteiger partial charge in [0.15, 0.2) is 5.76 Å². The molecule has 2 saturated heterocycles. The van der Waals surface area contributed by atoms with Crippen LogP contribution in [-0.2, 0) is 16.1 Å². The summed E-state index contributed by atoms with van der Waals surface area (Å²) >= 11 is 0. The Kier molecular flexibility index (Phi) is 6.49. The zero-order valence-corrected chi connectivity index (χ0v) is 17.3. The van der Waals surface area contributed by atoms with Crippen LogP contribution in [0.25, 0.3) is 0 Å². The van der Waals surface area contributed by atoms with Crippen molar-refractivity contribution in [2.75, 3.05) is 46.4 Å². The second-order valence-corrected chi connectivity index (χ2v) is 8.07. The highest BCUT2D eigenvalue weighted by Gasteiger charge is 2.31. The lowest BCUT2D eigenvalue weighted by molar-refractivity contribution is -0.140. The second-order valence-electron chi connectivity index (χ2n) is 8.07. The molecule has 2 aromatic rings. The van der Waals surface area contributed by atoms with Gasteiger partial charge in [0.05, 0.1) is 25.7 Å². The van der Waals surface area contributed by atoms with Gasteiger partial charge in [0.25, 0.3) is 5.91 Å². The van der Waals surface area contributed by atoms with Crippen molar-refractivity contribution in [2.45, 2.75) is 25.4 Å². The number of amides is 2. The average molecular weight is 415 g/mol. The van der Waals surface area contributed by atoms with Gasteiger partial charge in [-0.15, -0.1) is 0 Å². The normalized spacial score (nSPS) is 23.2. The zero-order chi connectivity index (χ0) is 20.9. The lowest BCUT2D eigenvalue weighted by Gasteiger charge is -2.31. The Hall–Kier alpha value is -2.65. The monoisotopic (exact) mass is 415 g/mol. The SMILES string of the molecule is CN1C[C@@H](NC(=O)c2ccc(Cn3cccn3)o2)CC[C@@H](C(=O)N2CCOCC2)C1. The van der Waals surface area contributed by atoms with Crippen molar-refractivity contribution in [3.63, 3.8) is 0 Å². The first-order valence-corrected chi connectivity index (χ1v) is 10.5. The third kappa shape index (κ3) is 5.09. The minimum atomic E-state index is -0.224. The number of hydrogen-bond acceptors (Lipinski definition) is 6. The Labute approximate surface area is 175 Å². The third-order valence-electron chi connectivity index (χ3n) is 5.70. The molecule has 2 aliphatic heterocycles. The molecule has 2 atom stereocenters. The van der Waals surface area contributed by atoms with E-state index in [1.54, 1.807) is 23.0 Å². The van der Waals surface area contributed by atoms with Crippen LogP contribution in [0.2, 0.25) is 0 Å². The van der Waals surface area contributed by atoms with Crippen molar-refractivity contribution in [1.82, 2.24) is 24.9 Å². The average Bonchev–Trinajstić information content (AvgIpc) is 3.40. The van der Waals surface area contributed by atoms with Crippen LogP contribution in [-0.4, -0.2) is 83.9 Å². The van der Waals surface area contributed by atoms with E-state index in [-0.39, 0.29) is 23.8 Å². The van der Waals surface area contributed by atoms with E-state index in [0.29, 0.717) is 57.5 Å². The van der Waals surface area contributed by atoms with E-state index in [4.69, 9.17) is 9.15 Å². The summed E-state index contributed by atoms with van der Waals surface area (Å²) in [4.78, 5) is 29.6. The summed E-state index contributed by atoms with van der Waals surface area (Å²) in [5.41, 5.74) is 0. The fraction of sp³-hybridized carbons (Fsp3) is 0.571. The Balaban J connectivity index is 1.32. The van der Waals surface area contributed by atoms with Crippen LogP contribution in [0.15, 0.2) is 35.0 Å². The maximum Gasteiger partial charge on any atom is 0.287 e. The van der Waals surface area contributed by atoms with Crippen LogP contribution in [0.1, 0.15) is 29.2 Å². The van der Waals surface area contributed by atoms with Gasteiger partial charge in [-0.05, 0) is 38.1 Å². The number of likely N-dealkylation sites (N-methyl/N-ethyl adjacent to an activating group) is 1. The second kappa shape index (κ2) is 9.44. The van der Waals surface area contributed by atoms with Crippen molar-refractivity contribution in [2.24, 2.45) is 5.92 Å². The van der Waals surface area contributed by atoms with Gasteiger partial charge in [-0.1, -0.05) is 0 Å². The van der Waals surface area contributed by atoms with Crippen LogP contribution in [0.3, 0.4) is 0 Å². The van der Waals surface area contributed by atoms with Gasteiger partial charge in [0, 0.05) is 44.6 Å². The number of nitrogens with zero attached hydrogens (tertiary/aromatic N) is 4. The molecule has 0 radical (unpaired) electrons. The maximum atomic E-state index is 12.9. The minimum absolute atomic E-state index is 0.0235. The smallest absolute Gasteiger partial charge is 0.287 e. The number of furan rings is 1. The highest BCUT2D eigenvalue weighted by Crippen LogP contribution is 2.20. The quantitative estimate of drug-likeness (QED) is 0.777. The molecule has 9 heteroatoms. The number of likely N-dealkylation sites (tertiary alicyclic amines) is 1. The number of ether oxygens (including phenoxy) is 1. The van der Waals surface area contributed by atoms with Gasteiger partial charge < -0.3 is 24.3 Å². The molecule has 1 N–H and O–H groups in total. The van der Waals surface area contributed by atoms with Crippen molar-refractivity contribution in [1.29, 1.82) is 0 Å². The molecule has 30 heavy (non-hydrogen) atoms. The molecule has 9 nitrogen and oxygen atoms in total. The standard InChI is InChI=1S/C21H29N5O4/c1-24-13-16(21(28)25-9-11-29-12-10-25)3-4-17(14-24)23-20(27)19-6-5-18(30-19)15-26-8-2-7-22-26/h2,5-8,16-17H,3-4,9-15H2,1H3,(H,23,27)/t16-,17+/m1/s1. The van der Waals surface area contributed by atoms with Crippen molar-refractivity contribution >= 4 is 11.8 Å². The molecule has 0 aromatic carbocycles. The summed E-state index contributed by atoms with van der Waals surface area (Å²) in [6.45, 7) is 4.45. The Morgan fingerprint density at radius 2 is 2.03 bits per heavy atom. The van der Waals surface area contributed by atoms with Gasteiger partial charge in [0.1, 0.15) is 5.76 Å². The highest BCUT2D eigenvalue weighted by atomic mass is 16.5. The number of morpholine rings is 1. The first-order valence-electron chi connectivity index (χ1n) is 10.5. The zero-order valence-electron chi connectivity index (χ0n) is 17.3. The molecule has 0 aliphatic carbocycles. The lowest BCUT2D eigenvalue weighted by atomic mass is 10.00. The number of rotatable bonds is 5. The van der Waals surface area contributed by atoms with Gasteiger partial charge in [-0.25, -0.2) is 0 Å². The molecule has 0 unspecified atom stereocenters. The molecule has 2 amide bonds. The molecule has 2 fully saturated rings. The van der Waals surface area contributed by atoms with Crippen LogP contribution < -0.4 is 5.32 Å². The first kappa shape index (κ1) is 20.6. The Morgan fingerprint density at radius 1 is 1.20 bits per heavy atom. The van der Waals surface area contributed by atoms with Gasteiger partial charge in [0.2, 0.25) is 5.91 Å². The molecule has 0 spiro atoms. The van der Waals surface area contributed by atoms with Gasteiger partial charge in [-0.2, -0.15) is 5.10 Å². The van der Waals surface area contributed by atoms with Crippen LogP contribution >= 0.6 is 0 Å². The number of carbonyl (C=O) groups is 2. The lowest BCUT2D eigenvalue weighted by Crippen LogP contribution is -2.45. The van der Waals surface area contributed by atoms with Crippen molar-refractivity contribution in [3.8, 4) is 0 Å². The fourth-order valence-corrected chi connectivity index (χ4v) is 4.17. The van der Waals surface area contributed by atoms with Crippen molar-refractivity contribution < 1.29 is 18.7 Å². The predicted octanol–water partition coefficient (Wildman–Crippen LogP) is 0.823.